The van der Waals surface area contributed by atoms with Gasteiger partial charge in [-0.3, -0.25) is 0 Å². The molecule has 2 rings (SSSR count). The van der Waals surface area contributed by atoms with E-state index in [9.17, 15) is 4.79 Å². The van der Waals surface area contributed by atoms with E-state index in [0.717, 1.165) is 16.2 Å². The Bertz CT molecular complexity index is 595. The number of rotatable bonds is 5. The molecule has 100 valence electrons. The quantitative estimate of drug-likeness (QED) is 0.654. The number of aromatic carboxylic acids is 1. The molecule has 3 N–H and O–H groups in total. The fraction of sp³-hybridized carbons (Fsp3) is 0.154. The average Bonchev–Trinajstić information content (AvgIpc) is 2.86. The highest BCUT2D eigenvalue weighted by atomic mass is 32.2. The Morgan fingerprint density at radius 3 is 2.95 bits per heavy atom. The second kappa shape index (κ2) is 5.99. The Kier molecular flexibility index (Phi) is 4.34. The minimum Gasteiger partial charge on any atom is -0.497 e. The molecule has 0 saturated heterocycles. The van der Waals surface area contributed by atoms with Crippen LogP contribution in [-0.2, 0) is 5.75 Å². The number of nitrogens with two attached hydrogens (primary N) is 1. The molecule has 1 aromatic heterocycles. The number of thiophene rings is 1. The lowest BCUT2D eigenvalue weighted by molar-refractivity contribution is 0.0701. The lowest BCUT2D eigenvalue weighted by Crippen LogP contribution is -1.96. The van der Waals surface area contributed by atoms with Gasteiger partial charge < -0.3 is 15.6 Å². The molecule has 0 bridgehead atoms. The molecule has 0 fully saturated rings. The van der Waals surface area contributed by atoms with E-state index in [-0.39, 0.29) is 0 Å². The highest BCUT2D eigenvalue weighted by Crippen LogP contribution is 2.33. The number of thioether (sulfide) groups is 1. The molecule has 19 heavy (non-hydrogen) atoms. The summed E-state index contributed by atoms with van der Waals surface area (Å²) < 4.78 is 5.15. The first-order valence-corrected chi connectivity index (χ1v) is 7.34. The van der Waals surface area contributed by atoms with Crippen molar-refractivity contribution in [3.05, 3.63) is 40.1 Å². The van der Waals surface area contributed by atoms with E-state index in [1.54, 1.807) is 24.6 Å². The topological polar surface area (TPSA) is 72.5 Å². The third-order valence-corrected chi connectivity index (χ3v) is 4.61. The zero-order valence-electron chi connectivity index (χ0n) is 10.3. The minimum atomic E-state index is -0.885. The first-order chi connectivity index (χ1) is 9.11. The Morgan fingerprint density at radius 2 is 2.26 bits per heavy atom. The number of carboxylic acids is 1. The molecule has 0 radical (unpaired) electrons. The van der Waals surface area contributed by atoms with Gasteiger partial charge in [-0.15, -0.1) is 23.1 Å². The maximum absolute atomic E-state index is 11.0. The Morgan fingerprint density at radius 1 is 1.47 bits per heavy atom. The normalized spacial score (nSPS) is 10.4. The van der Waals surface area contributed by atoms with Crippen molar-refractivity contribution in [1.29, 1.82) is 0 Å². The van der Waals surface area contributed by atoms with E-state index in [2.05, 4.69) is 0 Å². The molecule has 0 amide bonds. The Labute approximate surface area is 119 Å². The fourth-order valence-corrected chi connectivity index (χ4v) is 3.40. The van der Waals surface area contributed by atoms with Crippen LogP contribution in [-0.4, -0.2) is 18.2 Å². The lowest BCUT2D eigenvalue weighted by atomic mass is 10.3. The molecule has 0 aliphatic carbocycles. The second-order valence-corrected chi connectivity index (χ2v) is 5.71. The molecule has 2 aromatic rings. The standard InChI is InChI=1S/C13H13NO3S2/c1-17-9-2-3-10(14)11(6-9)19-7-8-4-5-18-12(8)13(15)16/h2-6H,7,14H2,1H3,(H,15,16). The van der Waals surface area contributed by atoms with Crippen LogP contribution in [0.3, 0.4) is 0 Å². The Hall–Kier alpha value is -1.66. The van der Waals surface area contributed by atoms with Gasteiger partial charge in [-0.05, 0) is 35.2 Å². The molecule has 0 saturated carbocycles. The summed E-state index contributed by atoms with van der Waals surface area (Å²) in [6.07, 6.45) is 0. The van der Waals surface area contributed by atoms with Crippen molar-refractivity contribution in [1.82, 2.24) is 0 Å². The summed E-state index contributed by atoms with van der Waals surface area (Å²) in [6, 6.07) is 7.27. The van der Waals surface area contributed by atoms with Crippen LogP contribution in [0.25, 0.3) is 0 Å². The van der Waals surface area contributed by atoms with Crippen LogP contribution in [0.15, 0.2) is 34.5 Å². The van der Waals surface area contributed by atoms with Gasteiger partial charge in [0, 0.05) is 16.3 Å². The van der Waals surface area contributed by atoms with Crippen molar-refractivity contribution in [3.63, 3.8) is 0 Å². The zero-order valence-corrected chi connectivity index (χ0v) is 11.9. The molecule has 4 nitrogen and oxygen atoms in total. The number of ether oxygens (including phenoxy) is 1. The number of nitrogen functional groups attached to an aromatic ring is 1. The van der Waals surface area contributed by atoms with E-state index in [0.29, 0.717) is 16.3 Å². The third kappa shape index (κ3) is 3.21. The highest BCUT2D eigenvalue weighted by Gasteiger charge is 2.12. The van der Waals surface area contributed by atoms with Crippen molar-refractivity contribution in [2.45, 2.75) is 10.6 Å². The van der Waals surface area contributed by atoms with Gasteiger partial charge in [-0.2, -0.15) is 0 Å². The summed E-state index contributed by atoms with van der Waals surface area (Å²) >= 11 is 2.74. The molecule has 1 heterocycles. The van der Waals surface area contributed by atoms with E-state index < -0.39 is 5.97 Å². The molecule has 0 aliphatic rings. The molecular weight excluding hydrogens is 282 g/mol. The highest BCUT2D eigenvalue weighted by molar-refractivity contribution is 7.98. The first kappa shape index (κ1) is 13.8. The number of methoxy groups -OCH3 is 1. The smallest absolute Gasteiger partial charge is 0.346 e. The van der Waals surface area contributed by atoms with Gasteiger partial charge in [-0.1, -0.05) is 0 Å². The van der Waals surface area contributed by atoms with Crippen molar-refractivity contribution in [2.24, 2.45) is 0 Å². The van der Waals surface area contributed by atoms with Crippen LogP contribution in [0.5, 0.6) is 5.75 Å². The maximum atomic E-state index is 11.0. The van der Waals surface area contributed by atoms with Gasteiger partial charge in [-0.25, -0.2) is 4.79 Å². The van der Waals surface area contributed by atoms with Crippen molar-refractivity contribution >= 4 is 34.8 Å². The Balaban J connectivity index is 2.14. The molecule has 0 atom stereocenters. The number of hydrogen-bond donors (Lipinski definition) is 2. The third-order valence-electron chi connectivity index (χ3n) is 2.54. The van der Waals surface area contributed by atoms with Gasteiger partial charge in [0.2, 0.25) is 0 Å². The SMILES string of the molecule is COc1ccc(N)c(SCc2ccsc2C(=O)O)c1. The van der Waals surface area contributed by atoms with Crippen LogP contribution in [0.2, 0.25) is 0 Å². The number of carbonyl (C=O) groups is 1. The number of anilines is 1. The lowest BCUT2D eigenvalue weighted by Gasteiger charge is -2.07. The largest absolute Gasteiger partial charge is 0.497 e. The summed E-state index contributed by atoms with van der Waals surface area (Å²) in [5.74, 6) is 0.423. The van der Waals surface area contributed by atoms with Crippen molar-refractivity contribution in [2.75, 3.05) is 12.8 Å². The van der Waals surface area contributed by atoms with Gasteiger partial charge >= 0.3 is 5.97 Å². The van der Waals surface area contributed by atoms with E-state index in [1.165, 1.54) is 23.1 Å². The number of benzene rings is 1. The average molecular weight is 295 g/mol. The van der Waals surface area contributed by atoms with Crippen LogP contribution in [0, 0.1) is 0 Å². The minimum absolute atomic E-state index is 0.383. The van der Waals surface area contributed by atoms with Crippen LogP contribution in [0.1, 0.15) is 15.2 Å². The number of carboxylic acid groups (broad SMARTS) is 1. The summed E-state index contributed by atoms with van der Waals surface area (Å²) in [5.41, 5.74) is 7.37. The van der Waals surface area contributed by atoms with E-state index >= 15 is 0 Å². The summed E-state index contributed by atoms with van der Waals surface area (Å²) in [4.78, 5) is 12.3. The molecule has 0 aliphatic heterocycles. The van der Waals surface area contributed by atoms with E-state index in [1.807, 2.05) is 12.1 Å². The summed E-state index contributed by atoms with van der Waals surface area (Å²) in [6.45, 7) is 0. The van der Waals surface area contributed by atoms with E-state index in [4.69, 9.17) is 15.6 Å². The predicted octanol–water partition coefficient (Wildman–Crippen LogP) is 3.33. The first-order valence-electron chi connectivity index (χ1n) is 5.47. The van der Waals surface area contributed by atoms with Crippen LogP contribution in [0.4, 0.5) is 5.69 Å². The van der Waals surface area contributed by atoms with Gasteiger partial charge in [0.05, 0.1) is 7.11 Å². The van der Waals surface area contributed by atoms with Gasteiger partial charge in [0.1, 0.15) is 10.6 Å². The van der Waals surface area contributed by atoms with Crippen LogP contribution < -0.4 is 10.5 Å². The second-order valence-electron chi connectivity index (χ2n) is 3.77. The molecular formula is C13H13NO3S2. The predicted molar refractivity (Wildman–Crippen MR) is 78.2 cm³/mol. The van der Waals surface area contributed by atoms with Gasteiger partial charge in [0.25, 0.3) is 0 Å². The summed E-state index contributed by atoms with van der Waals surface area (Å²) in [5, 5.41) is 10.8. The molecule has 1 aromatic carbocycles. The monoisotopic (exact) mass is 295 g/mol. The van der Waals surface area contributed by atoms with Crippen molar-refractivity contribution < 1.29 is 14.6 Å². The number of hydrogen-bond acceptors (Lipinski definition) is 5. The fourth-order valence-electron chi connectivity index (χ4n) is 1.56. The molecule has 0 spiro atoms. The molecule has 6 heteroatoms. The van der Waals surface area contributed by atoms with Crippen LogP contribution >= 0.6 is 23.1 Å². The maximum Gasteiger partial charge on any atom is 0.346 e. The van der Waals surface area contributed by atoms with Gasteiger partial charge in [0.15, 0.2) is 0 Å². The zero-order chi connectivity index (χ0) is 13.8. The van der Waals surface area contributed by atoms with Crippen molar-refractivity contribution in [3.8, 4) is 5.75 Å². The molecule has 0 unspecified atom stereocenters. The summed E-state index contributed by atoms with van der Waals surface area (Å²) in [7, 11) is 1.60.